The molecule has 0 fully saturated rings. The van der Waals surface area contributed by atoms with Crippen molar-refractivity contribution in [2.24, 2.45) is 5.92 Å². The number of hydrogen-bond acceptors (Lipinski definition) is 7. The lowest BCUT2D eigenvalue weighted by molar-refractivity contribution is -0.119. The largest absolute Gasteiger partial charge is 0.489 e. The number of amides is 3. The molecule has 5 rings (SSSR count). The number of ether oxygens (including phenoxy) is 1. The molecule has 0 radical (unpaired) electrons. The van der Waals surface area contributed by atoms with Gasteiger partial charge in [0.05, 0.1) is 12.6 Å². The maximum absolute atomic E-state index is 13.9. The first kappa shape index (κ1) is 37.9. The van der Waals surface area contributed by atoms with Crippen LogP contribution in [0.4, 0.5) is 4.39 Å². The van der Waals surface area contributed by atoms with Gasteiger partial charge in [0.1, 0.15) is 22.4 Å². The van der Waals surface area contributed by atoms with Gasteiger partial charge >= 0.3 is 0 Å². The van der Waals surface area contributed by atoms with Crippen molar-refractivity contribution in [2.75, 3.05) is 0 Å². The standard InChI is InChI=1S/C40H40FN3O6S2/c1-27(2)23-36(30-15-18-32(41)19-16-30)43-40(47)35-24-28(26-50-33-11-7-4-8-12-33)13-14-29(35)17-21-37(45)44-52(48,49)38-22-20-34(51-38)25-42-39(46)31-9-5-3-6-10-31/h3-16,18-20,22,24,27,36H,17,21,23,25-26H2,1-2H3,(H,42,46)(H,43,47)(H,44,45). The van der Waals surface area contributed by atoms with Crippen LogP contribution in [0.5, 0.6) is 5.75 Å². The molecular formula is C40H40FN3O6S2. The Morgan fingerprint density at radius 1 is 0.827 bits per heavy atom. The summed E-state index contributed by atoms with van der Waals surface area (Å²) < 4.78 is 47.9. The number of thiophene rings is 1. The fourth-order valence-electron chi connectivity index (χ4n) is 5.46. The van der Waals surface area contributed by atoms with Crippen LogP contribution < -0.4 is 20.1 Å². The number of hydrogen-bond donors (Lipinski definition) is 3. The molecule has 0 aliphatic heterocycles. The van der Waals surface area contributed by atoms with Crippen LogP contribution in [-0.2, 0) is 34.4 Å². The molecule has 1 heterocycles. The Labute approximate surface area is 307 Å². The third kappa shape index (κ3) is 10.8. The SMILES string of the molecule is CC(C)CC(NC(=O)c1cc(COc2ccccc2)ccc1CCC(=O)NS(=O)(=O)c1ccc(CNC(=O)c2ccccc2)s1)c1ccc(F)cc1. The van der Waals surface area contributed by atoms with Crippen LogP contribution in [0.3, 0.4) is 0 Å². The topological polar surface area (TPSA) is 131 Å². The molecule has 1 aromatic heterocycles. The molecule has 0 aliphatic carbocycles. The number of sulfonamides is 1. The van der Waals surface area contributed by atoms with Gasteiger partial charge in [-0.25, -0.2) is 17.5 Å². The monoisotopic (exact) mass is 741 g/mol. The average Bonchev–Trinajstić information content (AvgIpc) is 3.63. The summed E-state index contributed by atoms with van der Waals surface area (Å²) in [5.74, 6) is -0.900. The molecule has 12 heteroatoms. The minimum atomic E-state index is -4.18. The first-order valence-electron chi connectivity index (χ1n) is 16.8. The molecule has 0 spiro atoms. The number of nitrogens with one attached hydrogen (secondary N) is 3. The maximum Gasteiger partial charge on any atom is 0.273 e. The molecule has 1 atom stereocenters. The number of carbonyl (C=O) groups is 3. The lowest BCUT2D eigenvalue weighted by Crippen LogP contribution is -2.31. The van der Waals surface area contributed by atoms with E-state index in [2.05, 4.69) is 15.4 Å². The Morgan fingerprint density at radius 2 is 1.52 bits per heavy atom. The van der Waals surface area contributed by atoms with E-state index in [1.807, 2.05) is 44.2 Å². The van der Waals surface area contributed by atoms with Crippen LogP contribution >= 0.6 is 11.3 Å². The summed E-state index contributed by atoms with van der Waals surface area (Å²) in [7, 11) is -4.18. The van der Waals surface area contributed by atoms with Gasteiger partial charge in [0, 0.05) is 22.4 Å². The molecule has 1 unspecified atom stereocenters. The number of benzene rings is 4. The van der Waals surface area contributed by atoms with Gasteiger partial charge in [0.15, 0.2) is 0 Å². The molecule has 0 saturated carbocycles. The second kappa shape index (κ2) is 17.7. The zero-order valence-corrected chi connectivity index (χ0v) is 30.4. The fourth-order valence-corrected chi connectivity index (χ4v) is 7.77. The van der Waals surface area contributed by atoms with Crippen LogP contribution in [0.25, 0.3) is 0 Å². The van der Waals surface area contributed by atoms with E-state index < -0.39 is 22.0 Å². The number of para-hydroxylation sites is 1. The molecule has 52 heavy (non-hydrogen) atoms. The Bertz CT molecular complexity index is 2090. The lowest BCUT2D eigenvalue weighted by Gasteiger charge is -2.22. The van der Waals surface area contributed by atoms with Gasteiger partial charge in [-0.15, -0.1) is 11.3 Å². The highest BCUT2D eigenvalue weighted by molar-refractivity contribution is 7.92. The van der Waals surface area contributed by atoms with Crippen LogP contribution in [0.1, 0.15) is 75.0 Å². The highest BCUT2D eigenvalue weighted by Gasteiger charge is 2.23. The molecule has 3 amide bonds. The van der Waals surface area contributed by atoms with Gasteiger partial charge in [0.2, 0.25) is 5.91 Å². The lowest BCUT2D eigenvalue weighted by atomic mass is 9.95. The van der Waals surface area contributed by atoms with E-state index in [9.17, 15) is 27.2 Å². The van der Waals surface area contributed by atoms with Crippen LogP contribution in [-0.4, -0.2) is 26.1 Å². The van der Waals surface area contributed by atoms with Crippen molar-refractivity contribution in [3.8, 4) is 5.75 Å². The van der Waals surface area contributed by atoms with Gasteiger partial charge in [-0.05, 0) is 90.0 Å². The average molecular weight is 742 g/mol. The van der Waals surface area contributed by atoms with Crippen LogP contribution in [0.2, 0.25) is 0 Å². The highest BCUT2D eigenvalue weighted by atomic mass is 32.2. The Morgan fingerprint density at radius 3 is 2.21 bits per heavy atom. The summed E-state index contributed by atoms with van der Waals surface area (Å²) >= 11 is 0.950. The summed E-state index contributed by atoms with van der Waals surface area (Å²) in [5, 5.41) is 5.85. The quantitative estimate of drug-likeness (QED) is 0.0970. The first-order chi connectivity index (χ1) is 25.0. The first-order valence-corrected chi connectivity index (χ1v) is 19.1. The van der Waals surface area contributed by atoms with E-state index in [4.69, 9.17) is 4.74 Å². The van der Waals surface area contributed by atoms with E-state index in [0.29, 0.717) is 33.7 Å². The predicted octanol–water partition coefficient (Wildman–Crippen LogP) is 7.35. The van der Waals surface area contributed by atoms with E-state index in [1.54, 1.807) is 66.7 Å². The Kier molecular flexibility index (Phi) is 12.9. The number of aryl methyl sites for hydroxylation is 1. The zero-order valence-electron chi connectivity index (χ0n) is 28.8. The predicted molar refractivity (Wildman–Crippen MR) is 199 cm³/mol. The minimum absolute atomic E-state index is 0.0652. The molecule has 0 aliphatic rings. The van der Waals surface area contributed by atoms with E-state index in [-0.39, 0.29) is 53.8 Å². The Hall–Kier alpha value is -5.33. The second-order valence-corrected chi connectivity index (χ2v) is 15.7. The zero-order chi connectivity index (χ0) is 37.1. The normalized spacial score (nSPS) is 11.8. The molecule has 0 saturated heterocycles. The van der Waals surface area contributed by atoms with Crippen molar-refractivity contribution in [3.05, 3.63) is 154 Å². The fraction of sp³-hybridized carbons (Fsp3) is 0.225. The highest BCUT2D eigenvalue weighted by Crippen LogP contribution is 2.25. The molecule has 270 valence electrons. The molecule has 3 N–H and O–H groups in total. The molecule has 0 bridgehead atoms. The summed E-state index contributed by atoms with van der Waals surface area (Å²) in [6, 6.07) is 31.7. The van der Waals surface area contributed by atoms with Crippen molar-refractivity contribution in [1.29, 1.82) is 0 Å². The number of rotatable bonds is 16. The van der Waals surface area contributed by atoms with Gasteiger partial charge in [-0.2, -0.15) is 0 Å². The summed E-state index contributed by atoms with van der Waals surface area (Å²) in [6.07, 6.45) is 0.474. The van der Waals surface area contributed by atoms with E-state index >= 15 is 0 Å². The summed E-state index contributed by atoms with van der Waals surface area (Å²) in [5.41, 5.74) is 2.83. The van der Waals surface area contributed by atoms with Gasteiger partial charge < -0.3 is 15.4 Å². The van der Waals surface area contributed by atoms with Crippen molar-refractivity contribution >= 4 is 39.1 Å². The number of carbonyl (C=O) groups excluding carboxylic acids is 3. The minimum Gasteiger partial charge on any atom is -0.489 e. The molecular weight excluding hydrogens is 702 g/mol. The van der Waals surface area contributed by atoms with E-state index in [0.717, 1.165) is 22.5 Å². The summed E-state index contributed by atoms with van der Waals surface area (Å²) in [4.78, 5) is 39.9. The van der Waals surface area contributed by atoms with E-state index in [1.165, 1.54) is 18.2 Å². The van der Waals surface area contributed by atoms with Crippen LogP contribution in [0, 0.1) is 11.7 Å². The summed E-state index contributed by atoms with van der Waals surface area (Å²) in [6.45, 7) is 4.38. The van der Waals surface area contributed by atoms with Crippen molar-refractivity contribution in [3.63, 3.8) is 0 Å². The van der Waals surface area contributed by atoms with Gasteiger partial charge in [-0.1, -0.05) is 74.5 Å². The third-order valence-electron chi connectivity index (χ3n) is 8.08. The second-order valence-electron chi connectivity index (χ2n) is 12.6. The molecule has 4 aromatic carbocycles. The molecule has 9 nitrogen and oxygen atoms in total. The number of halogens is 1. The Balaban J connectivity index is 1.27. The van der Waals surface area contributed by atoms with Gasteiger partial charge in [-0.3, -0.25) is 14.4 Å². The van der Waals surface area contributed by atoms with Crippen molar-refractivity contribution in [1.82, 2.24) is 15.4 Å². The smallest absolute Gasteiger partial charge is 0.273 e. The molecule has 5 aromatic rings. The van der Waals surface area contributed by atoms with Gasteiger partial charge in [0.25, 0.3) is 21.8 Å². The third-order valence-corrected chi connectivity index (χ3v) is 11.0. The van der Waals surface area contributed by atoms with Crippen LogP contribution in [0.15, 0.2) is 119 Å². The van der Waals surface area contributed by atoms with Crippen molar-refractivity contribution < 1.29 is 31.9 Å². The van der Waals surface area contributed by atoms with Crippen molar-refractivity contribution in [2.45, 2.75) is 56.5 Å². The maximum atomic E-state index is 13.9.